The van der Waals surface area contributed by atoms with Gasteiger partial charge in [0.2, 0.25) is 0 Å². The Morgan fingerprint density at radius 1 is 0.829 bits per heavy atom. The van der Waals surface area contributed by atoms with Crippen LogP contribution in [0, 0.1) is 13.8 Å². The number of ether oxygens (including phenoxy) is 2. The van der Waals surface area contributed by atoms with Gasteiger partial charge in [-0.15, -0.1) is 0 Å². The topological polar surface area (TPSA) is 36.3 Å². The lowest BCUT2D eigenvalue weighted by molar-refractivity contribution is 0.287. The number of hydrogen-bond acceptors (Lipinski definition) is 3. The van der Waals surface area contributed by atoms with Crippen LogP contribution in [0.3, 0.4) is 0 Å². The van der Waals surface area contributed by atoms with E-state index in [1.54, 1.807) is 0 Å². The van der Waals surface area contributed by atoms with E-state index in [0.717, 1.165) is 69.3 Å². The summed E-state index contributed by atoms with van der Waals surface area (Å²) in [5.74, 6) is 2.69. The van der Waals surface area contributed by atoms with E-state index >= 15 is 0 Å². The molecule has 5 aromatic rings. The predicted octanol–water partition coefficient (Wildman–Crippen LogP) is 7.90. The first kappa shape index (κ1) is 23.3. The van der Waals surface area contributed by atoms with Crippen molar-refractivity contribution >= 4 is 33.4 Å². The fourth-order valence-electron chi connectivity index (χ4n) is 4.50. The minimum atomic E-state index is 0.419. The molecule has 0 fully saturated rings. The van der Waals surface area contributed by atoms with Gasteiger partial charge in [0.25, 0.3) is 0 Å². The third-order valence-corrected chi connectivity index (χ3v) is 6.89. The summed E-state index contributed by atoms with van der Waals surface area (Å²) in [5.41, 5.74) is 4.21. The molecule has 4 nitrogen and oxygen atoms in total. The summed E-state index contributed by atoms with van der Waals surface area (Å²) in [4.78, 5) is 4.88. The normalized spacial score (nSPS) is 11.3. The second kappa shape index (κ2) is 10.4. The summed E-state index contributed by atoms with van der Waals surface area (Å²) in [7, 11) is 0. The van der Waals surface area contributed by atoms with Crippen LogP contribution in [0.5, 0.6) is 11.5 Å². The molecular formula is C30H29ClN2O2. The maximum absolute atomic E-state index is 6.27. The van der Waals surface area contributed by atoms with Crippen molar-refractivity contribution in [3.05, 3.63) is 101 Å². The van der Waals surface area contributed by atoms with Crippen molar-refractivity contribution in [1.29, 1.82) is 0 Å². The van der Waals surface area contributed by atoms with Crippen molar-refractivity contribution in [1.82, 2.24) is 9.55 Å². The number of benzene rings is 4. The molecule has 0 unspecified atom stereocenters. The Kier molecular flexibility index (Phi) is 6.91. The number of unbranched alkanes of at least 4 members (excludes halogenated alkanes) is 1. The highest BCUT2D eigenvalue weighted by molar-refractivity contribution is 6.32. The Morgan fingerprint density at radius 3 is 2.43 bits per heavy atom. The van der Waals surface area contributed by atoms with Gasteiger partial charge in [0.05, 0.1) is 17.6 Å². The molecule has 5 heteroatoms. The SMILES string of the molecule is Cc1cc(OCCCCn2c(COc3cccc4ccccc34)nc3ccccc32)cc(C)c1Cl. The summed E-state index contributed by atoms with van der Waals surface area (Å²) >= 11 is 6.27. The van der Waals surface area contributed by atoms with E-state index in [1.807, 2.05) is 56.3 Å². The molecule has 1 heterocycles. The van der Waals surface area contributed by atoms with Crippen LogP contribution in [0.25, 0.3) is 21.8 Å². The number of imidazole rings is 1. The van der Waals surface area contributed by atoms with Crippen LogP contribution in [-0.2, 0) is 13.2 Å². The average molecular weight is 485 g/mol. The van der Waals surface area contributed by atoms with Gasteiger partial charge in [-0.3, -0.25) is 0 Å². The Balaban J connectivity index is 1.26. The third kappa shape index (κ3) is 5.13. The van der Waals surface area contributed by atoms with Crippen molar-refractivity contribution in [2.24, 2.45) is 0 Å². The highest BCUT2D eigenvalue weighted by Gasteiger charge is 2.12. The second-order valence-corrected chi connectivity index (χ2v) is 9.24. The quantitative estimate of drug-likeness (QED) is 0.199. The molecule has 0 amide bonds. The Labute approximate surface area is 211 Å². The van der Waals surface area contributed by atoms with E-state index < -0.39 is 0 Å². The van der Waals surface area contributed by atoms with Crippen LogP contribution >= 0.6 is 11.6 Å². The summed E-state index contributed by atoms with van der Waals surface area (Å²) < 4.78 is 14.5. The molecule has 0 saturated heterocycles. The molecule has 4 aromatic carbocycles. The first-order valence-electron chi connectivity index (χ1n) is 12.0. The average Bonchev–Trinajstić information content (AvgIpc) is 3.23. The van der Waals surface area contributed by atoms with Crippen molar-refractivity contribution in [2.75, 3.05) is 6.61 Å². The van der Waals surface area contributed by atoms with E-state index in [9.17, 15) is 0 Å². The molecule has 0 spiro atoms. The van der Waals surface area contributed by atoms with Crippen LogP contribution in [0.4, 0.5) is 0 Å². The zero-order valence-electron chi connectivity index (χ0n) is 20.1. The lowest BCUT2D eigenvalue weighted by Crippen LogP contribution is -2.09. The van der Waals surface area contributed by atoms with Gasteiger partial charge in [-0.25, -0.2) is 4.98 Å². The van der Waals surface area contributed by atoms with Gasteiger partial charge in [-0.05, 0) is 73.5 Å². The lowest BCUT2D eigenvalue weighted by atomic mass is 10.1. The number of rotatable bonds is 9. The lowest BCUT2D eigenvalue weighted by Gasteiger charge is -2.13. The first-order chi connectivity index (χ1) is 17.1. The van der Waals surface area contributed by atoms with Crippen molar-refractivity contribution in [3.63, 3.8) is 0 Å². The van der Waals surface area contributed by atoms with Gasteiger partial charge in [-0.1, -0.05) is 60.1 Å². The van der Waals surface area contributed by atoms with E-state index in [4.69, 9.17) is 26.1 Å². The molecule has 0 aliphatic rings. The minimum absolute atomic E-state index is 0.419. The van der Waals surface area contributed by atoms with Gasteiger partial charge >= 0.3 is 0 Å². The van der Waals surface area contributed by atoms with Crippen LogP contribution in [0.15, 0.2) is 78.9 Å². The standard InChI is InChI=1S/C30H29ClN2O2/c1-21-18-24(19-22(2)30(21)31)34-17-8-7-16-33-27-14-6-5-13-26(27)32-29(33)20-35-28-15-9-11-23-10-3-4-12-25(23)28/h3-6,9-15,18-19H,7-8,16-17,20H2,1-2H3. The number of aryl methyl sites for hydroxylation is 3. The van der Waals surface area contributed by atoms with Crippen LogP contribution in [0.2, 0.25) is 5.02 Å². The number of nitrogens with zero attached hydrogens (tertiary/aromatic N) is 2. The zero-order chi connectivity index (χ0) is 24.2. The van der Waals surface area contributed by atoms with E-state index in [0.29, 0.717) is 13.2 Å². The molecule has 0 saturated carbocycles. The van der Waals surface area contributed by atoms with Crippen LogP contribution in [-0.4, -0.2) is 16.2 Å². The van der Waals surface area contributed by atoms with E-state index in [2.05, 4.69) is 41.0 Å². The molecule has 0 N–H and O–H groups in total. The van der Waals surface area contributed by atoms with Crippen LogP contribution in [0.1, 0.15) is 29.8 Å². The van der Waals surface area contributed by atoms with Gasteiger partial charge in [-0.2, -0.15) is 0 Å². The van der Waals surface area contributed by atoms with E-state index in [-0.39, 0.29) is 0 Å². The molecule has 1 aromatic heterocycles. The Bertz CT molecular complexity index is 1450. The number of halogens is 1. The van der Waals surface area contributed by atoms with Crippen molar-refractivity contribution in [3.8, 4) is 11.5 Å². The molecule has 35 heavy (non-hydrogen) atoms. The van der Waals surface area contributed by atoms with Crippen LogP contribution < -0.4 is 9.47 Å². The van der Waals surface area contributed by atoms with Crippen molar-refractivity contribution in [2.45, 2.75) is 39.8 Å². The molecule has 5 rings (SSSR count). The summed E-state index contributed by atoms with van der Waals surface area (Å²) in [6.07, 6.45) is 1.92. The fourth-order valence-corrected chi connectivity index (χ4v) is 4.61. The van der Waals surface area contributed by atoms with Gasteiger partial charge in [0.1, 0.15) is 23.9 Å². The molecule has 0 atom stereocenters. The van der Waals surface area contributed by atoms with Crippen molar-refractivity contribution < 1.29 is 9.47 Å². The van der Waals surface area contributed by atoms with Gasteiger partial charge < -0.3 is 14.0 Å². The molecule has 0 radical (unpaired) electrons. The zero-order valence-corrected chi connectivity index (χ0v) is 20.9. The molecule has 0 aliphatic heterocycles. The minimum Gasteiger partial charge on any atom is -0.494 e. The Morgan fingerprint density at radius 2 is 1.57 bits per heavy atom. The fraction of sp³-hybridized carbons (Fsp3) is 0.233. The maximum atomic E-state index is 6.27. The number of hydrogen-bond donors (Lipinski definition) is 0. The van der Waals surface area contributed by atoms with Gasteiger partial charge in [0.15, 0.2) is 0 Å². The molecule has 0 aliphatic carbocycles. The number of aromatic nitrogens is 2. The van der Waals surface area contributed by atoms with E-state index in [1.165, 1.54) is 5.39 Å². The summed E-state index contributed by atoms with van der Waals surface area (Å²) in [6, 6.07) is 26.7. The largest absolute Gasteiger partial charge is 0.494 e. The second-order valence-electron chi connectivity index (χ2n) is 8.86. The molecule has 178 valence electrons. The molecule has 0 bridgehead atoms. The monoisotopic (exact) mass is 484 g/mol. The summed E-state index contributed by atoms with van der Waals surface area (Å²) in [6.45, 7) is 5.96. The maximum Gasteiger partial charge on any atom is 0.147 e. The summed E-state index contributed by atoms with van der Waals surface area (Å²) in [5, 5.41) is 3.09. The first-order valence-corrected chi connectivity index (χ1v) is 12.4. The smallest absolute Gasteiger partial charge is 0.147 e. The van der Waals surface area contributed by atoms with Gasteiger partial charge in [0, 0.05) is 17.0 Å². The molecular weight excluding hydrogens is 456 g/mol. The number of para-hydroxylation sites is 2. The highest BCUT2D eigenvalue weighted by Crippen LogP contribution is 2.27. The highest BCUT2D eigenvalue weighted by atomic mass is 35.5. The number of fused-ring (bicyclic) bond motifs is 2. The predicted molar refractivity (Wildman–Crippen MR) is 144 cm³/mol. The third-order valence-electron chi connectivity index (χ3n) is 6.29. The Hall–Kier alpha value is -3.50.